The molecule has 148 valence electrons. The van der Waals surface area contributed by atoms with Crippen LogP contribution in [0.25, 0.3) is 0 Å². The largest absolute Gasteiger partial charge is 0.463 e. The van der Waals surface area contributed by atoms with Gasteiger partial charge in [-0.15, -0.1) is 0 Å². The standard InChI is InChI=1S/C23H23N3O3/c27-22(23(28)25-19-9-2-1-3-10-19)24-15-20(21-11-6-14-29-21)26-13-12-17-7-4-5-8-18(17)16-26/h1-11,14,20H,12-13,15-16H2,(H,24,27)(H,25,28)/p+1/t20-/m1/s1. The molecule has 6 nitrogen and oxygen atoms in total. The molecule has 1 aromatic heterocycles. The number of amides is 2. The van der Waals surface area contributed by atoms with Gasteiger partial charge in [0.25, 0.3) is 0 Å². The summed E-state index contributed by atoms with van der Waals surface area (Å²) >= 11 is 0. The molecule has 2 amide bonds. The lowest BCUT2D eigenvalue weighted by Gasteiger charge is -2.31. The van der Waals surface area contributed by atoms with Gasteiger partial charge in [-0.05, 0) is 29.8 Å². The van der Waals surface area contributed by atoms with E-state index >= 15 is 0 Å². The molecule has 0 radical (unpaired) electrons. The summed E-state index contributed by atoms with van der Waals surface area (Å²) in [6.45, 7) is 2.12. The molecule has 6 heteroatoms. The van der Waals surface area contributed by atoms with Crippen molar-refractivity contribution in [3.05, 3.63) is 89.9 Å². The van der Waals surface area contributed by atoms with Gasteiger partial charge in [0.2, 0.25) is 0 Å². The van der Waals surface area contributed by atoms with Gasteiger partial charge in [-0.3, -0.25) is 9.59 Å². The molecule has 2 atom stereocenters. The highest BCUT2D eigenvalue weighted by Gasteiger charge is 2.31. The van der Waals surface area contributed by atoms with Gasteiger partial charge in [-0.1, -0.05) is 42.5 Å². The van der Waals surface area contributed by atoms with E-state index < -0.39 is 11.8 Å². The van der Waals surface area contributed by atoms with Crippen molar-refractivity contribution in [2.75, 3.05) is 18.4 Å². The highest BCUT2D eigenvalue weighted by Crippen LogP contribution is 2.15. The molecule has 4 rings (SSSR count). The Morgan fingerprint density at radius 3 is 2.45 bits per heavy atom. The minimum atomic E-state index is -0.673. The van der Waals surface area contributed by atoms with Crippen LogP contribution in [-0.4, -0.2) is 24.9 Å². The Morgan fingerprint density at radius 2 is 1.69 bits per heavy atom. The van der Waals surface area contributed by atoms with Gasteiger partial charge in [0.1, 0.15) is 6.54 Å². The molecule has 0 bridgehead atoms. The van der Waals surface area contributed by atoms with Crippen molar-refractivity contribution in [2.24, 2.45) is 0 Å². The third kappa shape index (κ3) is 4.55. The van der Waals surface area contributed by atoms with Crippen molar-refractivity contribution in [1.29, 1.82) is 0 Å². The normalized spacial score (nSPS) is 16.5. The third-order valence-electron chi connectivity index (χ3n) is 5.34. The minimum absolute atomic E-state index is 0.0631. The van der Waals surface area contributed by atoms with Crippen LogP contribution < -0.4 is 15.5 Å². The number of carbonyl (C=O) groups excluding carboxylic acids is 2. The molecule has 0 fully saturated rings. The summed E-state index contributed by atoms with van der Waals surface area (Å²) in [6, 6.07) is 21.1. The second-order valence-electron chi connectivity index (χ2n) is 7.20. The zero-order valence-corrected chi connectivity index (χ0v) is 16.1. The van der Waals surface area contributed by atoms with E-state index in [0.717, 1.165) is 25.3 Å². The number of rotatable bonds is 5. The van der Waals surface area contributed by atoms with E-state index in [0.29, 0.717) is 12.2 Å². The Hall–Kier alpha value is -3.38. The number of nitrogens with one attached hydrogen (secondary N) is 3. The number of fused-ring (bicyclic) bond motifs is 1. The molecule has 0 saturated carbocycles. The van der Waals surface area contributed by atoms with Crippen molar-refractivity contribution in [2.45, 2.75) is 19.0 Å². The summed E-state index contributed by atoms with van der Waals surface area (Å²) in [5.74, 6) is -0.515. The van der Waals surface area contributed by atoms with Crippen LogP contribution >= 0.6 is 0 Å². The van der Waals surface area contributed by atoms with Crippen LogP contribution in [0, 0.1) is 0 Å². The van der Waals surface area contributed by atoms with Gasteiger partial charge in [-0.2, -0.15) is 0 Å². The fraction of sp³-hybridized carbons (Fsp3) is 0.217. The molecule has 0 spiro atoms. The molecule has 3 aromatic rings. The molecule has 0 aliphatic carbocycles. The molecule has 1 unspecified atom stereocenters. The first-order valence-electron chi connectivity index (χ1n) is 9.79. The fourth-order valence-corrected chi connectivity index (χ4v) is 3.82. The van der Waals surface area contributed by atoms with Crippen LogP contribution in [0.15, 0.2) is 77.4 Å². The van der Waals surface area contributed by atoms with E-state index in [1.807, 2.05) is 18.2 Å². The zero-order valence-electron chi connectivity index (χ0n) is 16.1. The van der Waals surface area contributed by atoms with Crippen molar-refractivity contribution >= 4 is 17.5 Å². The van der Waals surface area contributed by atoms with Gasteiger partial charge in [0.15, 0.2) is 11.8 Å². The molecule has 1 aliphatic heterocycles. The van der Waals surface area contributed by atoms with E-state index in [-0.39, 0.29) is 6.04 Å². The number of quaternary nitrogens is 1. The molecule has 2 aromatic carbocycles. The first-order chi connectivity index (χ1) is 14.2. The smallest absolute Gasteiger partial charge is 0.313 e. The second kappa shape index (κ2) is 8.75. The Balaban J connectivity index is 1.42. The quantitative estimate of drug-likeness (QED) is 0.581. The van der Waals surface area contributed by atoms with Gasteiger partial charge in [0, 0.05) is 17.7 Å². The number of carbonyl (C=O) groups is 2. The molecule has 1 aliphatic rings. The molecule has 0 saturated heterocycles. The number of para-hydroxylation sites is 1. The molecule has 29 heavy (non-hydrogen) atoms. The lowest BCUT2D eigenvalue weighted by Crippen LogP contribution is -3.12. The van der Waals surface area contributed by atoms with E-state index in [9.17, 15) is 9.59 Å². The van der Waals surface area contributed by atoms with Gasteiger partial charge in [-0.25, -0.2) is 0 Å². The van der Waals surface area contributed by atoms with E-state index in [4.69, 9.17) is 4.42 Å². The Labute approximate surface area is 169 Å². The Morgan fingerprint density at radius 1 is 0.931 bits per heavy atom. The summed E-state index contributed by atoms with van der Waals surface area (Å²) in [5.41, 5.74) is 3.28. The van der Waals surface area contributed by atoms with Crippen LogP contribution in [0.4, 0.5) is 5.69 Å². The predicted octanol–water partition coefficient (Wildman–Crippen LogP) is 1.72. The molecular weight excluding hydrogens is 366 g/mol. The highest BCUT2D eigenvalue weighted by atomic mass is 16.3. The lowest BCUT2D eigenvalue weighted by atomic mass is 9.98. The van der Waals surface area contributed by atoms with Crippen LogP contribution in [0.5, 0.6) is 0 Å². The zero-order chi connectivity index (χ0) is 20.1. The fourth-order valence-electron chi connectivity index (χ4n) is 3.82. The van der Waals surface area contributed by atoms with Crippen LogP contribution in [-0.2, 0) is 22.6 Å². The summed E-state index contributed by atoms with van der Waals surface area (Å²) in [4.78, 5) is 25.8. The van der Waals surface area contributed by atoms with Crippen LogP contribution in [0.1, 0.15) is 22.9 Å². The number of benzene rings is 2. The first kappa shape index (κ1) is 19.0. The topological polar surface area (TPSA) is 75.8 Å². The van der Waals surface area contributed by atoms with Crippen molar-refractivity contribution < 1.29 is 18.9 Å². The predicted molar refractivity (Wildman–Crippen MR) is 109 cm³/mol. The summed E-state index contributed by atoms with van der Waals surface area (Å²) < 4.78 is 5.65. The number of hydrogen-bond donors (Lipinski definition) is 3. The maximum absolute atomic E-state index is 12.3. The third-order valence-corrected chi connectivity index (χ3v) is 5.34. The average Bonchev–Trinajstić information content (AvgIpc) is 3.29. The SMILES string of the molecule is O=C(NC[C@H](c1ccco1)[NH+]1CCc2ccccc2C1)C(=O)Nc1ccccc1. The molecule has 2 heterocycles. The van der Waals surface area contributed by atoms with Gasteiger partial charge < -0.3 is 20.0 Å². The molecular formula is C23H24N3O3+. The van der Waals surface area contributed by atoms with Crippen molar-refractivity contribution in [1.82, 2.24) is 5.32 Å². The van der Waals surface area contributed by atoms with Crippen molar-refractivity contribution in [3.8, 4) is 0 Å². The minimum Gasteiger partial charge on any atom is -0.463 e. The number of furan rings is 1. The van der Waals surface area contributed by atoms with E-state index in [2.05, 4.69) is 34.9 Å². The van der Waals surface area contributed by atoms with E-state index in [1.54, 1.807) is 30.5 Å². The first-order valence-corrected chi connectivity index (χ1v) is 9.79. The highest BCUT2D eigenvalue weighted by molar-refractivity contribution is 6.39. The maximum atomic E-state index is 12.3. The Kier molecular flexibility index (Phi) is 5.72. The number of hydrogen-bond acceptors (Lipinski definition) is 3. The molecule has 3 N–H and O–H groups in total. The summed E-state index contributed by atoms with van der Waals surface area (Å²) in [5, 5.41) is 5.39. The van der Waals surface area contributed by atoms with Crippen molar-refractivity contribution in [3.63, 3.8) is 0 Å². The second-order valence-corrected chi connectivity index (χ2v) is 7.20. The summed E-state index contributed by atoms with van der Waals surface area (Å²) in [7, 11) is 0. The monoisotopic (exact) mass is 390 g/mol. The van der Waals surface area contributed by atoms with E-state index in [1.165, 1.54) is 16.0 Å². The Bertz CT molecular complexity index is 970. The van der Waals surface area contributed by atoms with Gasteiger partial charge >= 0.3 is 11.8 Å². The van der Waals surface area contributed by atoms with Gasteiger partial charge in [0.05, 0.1) is 19.4 Å². The lowest BCUT2D eigenvalue weighted by molar-refractivity contribution is -0.946. The average molecular weight is 390 g/mol. The summed E-state index contributed by atoms with van der Waals surface area (Å²) in [6.07, 6.45) is 2.62. The number of anilines is 1. The van der Waals surface area contributed by atoms with Crippen LogP contribution in [0.3, 0.4) is 0 Å². The van der Waals surface area contributed by atoms with Crippen LogP contribution in [0.2, 0.25) is 0 Å². The maximum Gasteiger partial charge on any atom is 0.313 e.